The first-order valence-electron chi connectivity index (χ1n) is 8.99. The van der Waals surface area contributed by atoms with Gasteiger partial charge in [0.25, 0.3) is 0 Å². The summed E-state index contributed by atoms with van der Waals surface area (Å²) in [6.07, 6.45) is 0.731. The molecule has 0 spiro atoms. The van der Waals surface area contributed by atoms with Gasteiger partial charge in [-0.15, -0.1) is 0 Å². The van der Waals surface area contributed by atoms with Gasteiger partial charge in [0.1, 0.15) is 17.8 Å². The van der Waals surface area contributed by atoms with E-state index in [4.69, 9.17) is 4.74 Å². The average Bonchev–Trinajstić information content (AvgIpc) is 2.68. The molecule has 3 rings (SSSR count). The number of carbonyl (C=O) groups excluding carboxylic acids is 2. The first-order valence-corrected chi connectivity index (χ1v) is 8.99. The molecule has 0 fully saturated rings. The van der Waals surface area contributed by atoms with Gasteiger partial charge in [-0.05, 0) is 97.5 Å². The van der Waals surface area contributed by atoms with Gasteiger partial charge in [-0.2, -0.15) is 0 Å². The number of aryl methyl sites for hydroxylation is 4. The molecule has 0 aliphatic carbocycles. The molecule has 0 aliphatic rings. The van der Waals surface area contributed by atoms with Crippen LogP contribution in [0.4, 0.5) is 0 Å². The Labute approximate surface area is 164 Å². The van der Waals surface area contributed by atoms with Crippen molar-refractivity contribution >= 4 is 12.3 Å². The van der Waals surface area contributed by atoms with E-state index in [1.807, 2.05) is 52.0 Å². The summed E-state index contributed by atoms with van der Waals surface area (Å²) >= 11 is 0. The quantitative estimate of drug-likeness (QED) is 0.381. The second-order valence-electron chi connectivity index (χ2n) is 7.03. The maximum atomic E-state index is 12.5. The van der Waals surface area contributed by atoms with Crippen molar-refractivity contribution in [2.24, 2.45) is 0 Å². The molecule has 0 atom stereocenters. The van der Waals surface area contributed by atoms with Gasteiger partial charge in [0.15, 0.2) is 0 Å². The zero-order chi connectivity index (χ0) is 20.4. The fraction of sp³-hybridized carbons (Fsp3) is 0.167. The molecular weight excluding hydrogens is 352 g/mol. The van der Waals surface area contributed by atoms with Gasteiger partial charge in [0, 0.05) is 5.56 Å². The number of carbonyl (C=O) groups is 2. The van der Waals surface area contributed by atoms with E-state index in [0.717, 1.165) is 39.7 Å². The third kappa shape index (κ3) is 3.81. The van der Waals surface area contributed by atoms with Crippen LogP contribution < -0.4 is 4.74 Å². The summed E-state index contributed by atoms with van der Waals surface area (Å²) in [5.74, 6) is 0.372. The Balaban J connectivity index is 1.91. The van der Waals surface area contributed by atoms with E-state index in [1.165, 1.54) is 0 Å². The van der Waals surface area contributed by atoms with Gasteiger partial charge in [-0.25, -0.2) is 4.79 Å². The van der Waals surface area contributed by atoms with Gasteiger partial charge in [-0.3, -0.25) is 4.79 Å². The van der Waals surface area contributed by atoms with Crippen molar-refractivity contribution in [3.8, 4) is 22.6 Å². The Morgan fingerprint density at radius 1 is 0.821 bits per heavy atom. The van der Waals surface area contributed by atoms with E-state index >= 15 is 0 Å². The third-order valence-electron chi connectivity index (χ3n) is 4.76. The number of esters is 1. The number of hydrogen-bond donors (Lipinski definition) is 1. The topological polar surface area (TPSA) is 63.6 Å². The molecule has 3 aromatic carbocycles. The van der Waals surface area contributed by atoms with E-state index in [2.05, 4.69) is 0 Å². The van der Waals surface area contributed by atoms with Crippen molar-refractivity contribution in [2.45, 2.75) is 27.7 Å². The summed E-state index contributed by atoms with van der Waals surface area (Å²) < 4.78 is 5.63. The standard InChI is InChI=1S/C24H22O4/c1-14-9-20(10-15(2)22(14)26)21-11-16(3)23(17(4)12-21)28-24(27)19-7-5-18(13-25)6-8-19/h5-13,26H,1-4H3. The van der Waals surface area contributed by atoms with Crippen LogP contribution in [0.2, 0.25) is 0 Å². The molecule has 3 aromatic rings. The van der Waals surface area contributed by atoms with Crippen LogP contribution in [0.3, 0.4) is 0 Å². The highest BCUT2D eigenvalue weighted by Gasteiger charge is 2.15. The van der Waals surface area contributed by atoms with Crippen LogP contribution in [-0.2, 0) is 0 Å². The highest BCUT2D eigenvalue weighted by atomic mass is 16.5. The lowest BCUT2D eigenvalue weighted by Gasteiger charge is -2.14. The van der Waals surface area contributed by atoms with E-state index < -0.39 is 5.97 Å². The van der Waals surface area contributed by atoms with E-state index in [9.17, 15) is 14.7 Å². The van der Waals surface area contributed by atoms with Crippen LogP contribution in [-0.4, -0.2) is 17.4 Å². The van der Waals surface area contributed by atoms with Gasteiger partial charge >= 0.3 is 5.97 Å². The molecule has 0 heterocycles. The predicted octanol–water partition coefficient (Wildman–Crippen LogP) is 5.32. The first-order chi connectivity index (χ1) is 13.3. The fourth-order valence-electron chi connectivity index (χ4n) is 3.25. The number of aromatic hydroxyl groups is 1. The minimum atomic E-state index is -0.465. The van der Waals surface area contributed by atoms with E-state index in [-0.39, 0.29) is 0 Å². The highest BCUT2D eigenvalue weighted by molar-refractivity contribution is 5.92. The molecule has 0 saturated heterocycles. The SMILES string of the molecule is Cc1cc(-c2cc(C)c(OC(=O)c3ccc(C=O)cc3)c(C)c2)cc(C)c1O. The second kappa shape index (κ2) is 7.69. The number of phenolic OH excluding ortho intramolecular Hbond substituents is 1. The molecule has 0 unspecified atom stereocenters. The van der Waals surface area contributed by atoms with Crippen molar-refractivity contribution in [1.29, 1.82) is 0 Å². The molecule has 28 heavy (non-hydrogen) atoms. The monoisotopic (exact) mass is 374 g/mol. The van der Waals surface area contributed by atoms with Crippen LogP contribution in [0.15, 0.2) is 48.5 Å². The van der Waals surface area contributed by atoms with Crippen LogP contribution in [0, 0.1) is 27.7 Å². The normalized spacial score (nSPS) is 10.6. The molecule has 0 amide bonds. The summed E-state index contributed by atoms with van der Waals surface area (Å²) in [5.41, 5.74) is 6.22. The van der Waals surface area contributed by atoms with E-state index in [0.29, 0.717) is 22.6 Å². The Hall–Kier alpha value is -3.40. The van der Waals surface area contributed by atoms with Gasteiger partial charge < -0.3 is 9.84 Å². The molecule has 0 saturated carbocycles. The molecule has 142 valence electrons. The number of ether oxygens (including phenoxy) is 1. The predicted molar refractivity (Wildman–Crippen MR) is 109 cm³/mol. The largest absolute Gasteiger partial charge is 0.507 e. The lowest BCUT2D eigenvalue weighted by molar-refractivity contribution is 0.0732. The highest BCUT2D eigenvalue weighted by Crippen LogP contribution is 2.34. The van der Waals surface area contributed by atoms with Crippen molar-refractivity contribution < 1.29 is 19.4 Å². The summed E-state index contributed by atoms with van der Waals surface area (Å²) in [7, 11) is 0. The van der Waals surface area contributed by atoms with Crippen LogP contribution >= 0.6 is 0 Å². The minimum Gasteiger partial charge on any atom is -0.507 e. The molecule has 4 nitrogen and oxygen atoms in total. The molecule has 0 bridgehead atoms. The zero-order valence-corrected chi connectivity index (χ0v) is 16.4. The van der Waals surface area contributed by atoms with Crippen LogP contribution in [0.1, 0.15) is 43.0 Å². The maximum Gasteiger partial charge on any atom is 0.343 e. The van der Waals surface area contributed by atoms with Crippen molar-refractivity contribution in [2.75, 3.05) is 0 Å². The number of benzene rings is 3. The number of phenols is 1. The van der Waals surface area contributed by atoms with Crippen molar-refractivity contribution in [1.82, 2.24) is 0 Å². The summed E-state index contributed by atoms with van der Waals surface area (Å²) in [4.78, 5) is 23.2. The van der Waals surface area contributed by atoms with Gasteiger partial charge in [-0.1, -0.05) is 12.1 Å². The van der Waals surface area contributed by atoms with Crippen molar-refractivity contribution in [3.05, 3.63) is 81.9 Å². The Morgan fingerprint density at radius 3 is 1.75 bits per heavy atom. The van der Waals surface area contributed by atoms with Crippen LogP contribution in [0.25, 0.3) is 11.1 Å². The lowest BCUT2D eigenvalue weighted by Crippen LogP contribution is -2.10. The molecule has 1 N–H and O–H groups in total. The maximum absolute atomic E-state index is 12.5. The lowest BCUT2D eigenvalue weighted by atomic mass is 9.96. The van der Waals surface area contributed by atoms with E-state index in [1.54, 1.807) is 24.3 Å². The van der Waals surface area contributed by atoms with Crippen LogP contribution in [0.5, 0.6) is 11.5 Å². The van der Waals surface area contributed by atoms with Gasteiger partial charge in [0.05, 0.1) is 5.56 Å². The molecule has 0 aromatic heterocycles. The smallest absolute Gasteiger partial charge is 0.343 e. The molecule has 0 aliphatic heterocycles. The Morgan fingerprint density at radius 2 is 1.29 bits per heavy atom. The molecule has 0 radical (unpaired) electrons. The zero-order valence-electron chi connectivity index (χ0n) is 16.4. The average molecular weight is 374 g/mol. The van der Waals surface area contributed by atoms with Gasteiger partial charge in [0.2, 0.25) is 0 Å². The fourth-order valence-corrected chi connectivity index (χ4v) is 3.25. The number of aldehydes is 1. The van der Waals surface area contributed by atoms with Crippen molar-refractivity contribution in [3.63, 3.8) is 0 Å². The minimum absolute atomic E-state index is 0.309. The summed E-state index contributed by atoms with van der Waals surface area (Å²) in [6.45, 7) is 7.54. The Kier molecular flexibility index (Phi) is 5.32. The Bertz CT molecular complexity index is 1020. The summed E-state index contributed by atoms with van der Waals surface area (Å²) in [5, 5.41) is 9.99. The first kappa shape index (κ1) is 19.4. The third-order valence-corrected chi connectivity index (χ3v) is 4.76. The summed E-state index contributed by atoms with van der Waals surface area (Å²) in [6, 6.07) is 14.1. The number of rotatable bonds is 4. The second-order valence-corrected chi connectivity index (χ2v) is 7.03. The number of hydrogen-bond acceptors (Lipinski definition) is 4. The molecular formula is C24H22O4. The molecule has 4 heteroatoms.